The lowest BCUT2D eigenvalue weighted by Gasteiger charge is -2.07. The zero-order chi connectivity index (χ0) is 13.7. The SMILES string of the molecule is Oc1c(Br)cc(I)c2nc3cc(Cl)c(Cl)cc3nc12. The van der Waals surface area contributed by atoms with Crippen molar-refractivity contribution in [1.29, 1.82) is 0 Å². The van der Waals surface area contributed by atoms with Crippen LogP contribution in [0.5, 0.6) is 5.75 Å². The minimum Gasteiger partial charge on any atom is -0.504 e. The van der Waals surface area contributed by atoms with Gasteiger partial charge < -0.3 is 5.11 Å². The molecule has 0 fully saturated rings. The molecule has 0 radical (unpaired) electrons. The fraction of sp³-hybridized carbons (Fsp3) is 0. The molecule has 2 aromatic carbocycles. The van der Waals surface area contributed by atoms with Crippen LogP contribution < -0.4 is 0 Å². The van der Waals surface area contributed by atoms with Crippen LogP contribution in [0.15, 0.2) is 22.7 Å². The first-order chi connectivity index (χ1) is 8.97. The second-order valence-electron chi connectivity index (χ2n) is 3.86. The Bertz CT molecular complexity index is 841. The fourth-order valence-electron chi connectivity index (χ4n) is 1.74. The van der Waals surface area contributed by atoms with Crippen LogP contribution in [-0.4, -0.2) is 15.1 Å². The molecule has 19 heavy (non-hydrogen) atoms. The first kappa shape index (κ1) is 13.6. The maximum Gasteiger partial charge on any atom is 0.157 e. The molecule has 0 spiro atoms. The molecule has 3 nitrogen and oxygen atoms in total. The summed E-state index contributed by atoms with van der Waals surface area (Å²) in [6.45, 7) is 0. The van der Waals surface area contributed by atoms with Crippen molar-refractivity contribution in [2.75, 3.05) is 0 Å². The van der Waals surface area contributed by atoms with Gasteiger partial charge in [0.2, 0.25) is 0 Å². The summed E-state index contributed by atoms with van der Waals surface area (Å²) in [5.41, 5.74) is 2.30. The molecule has 1 aromatic heterocycles. The van der Waals surface area contributed by atoms with Crippen LogP contribution in [-0.2, 0) is 0 Å². The maximum absolute atomic E-state index is 10.1. The van der Waals surface area contributed by atoms with Gasteiger partial charge in [0.15, 0.2) is 5.75 Å². The molecule has 0 bridgehead atoms. The zero-order valence-electron chi connectivity index (χ0n) is 9.09. The lowest BCUT2D eigenvalue weighted by atomic mass is 10.2. The Balaban J connectivity index is 2.52. The summed E-state index contributed by atoms with van der Waals surface area (Å²) in [5, 5.41) is 10.9. The summed E-state index contributed by atoms with van der Waals surface area (Å²) in [4.78, 5) is 8.90. The number of aromatic nitrogens is 2. The van der Waals surface area contributed by atoms with E-state index in [1.807, 2.05) is 0 Å². The summed E-state index contributed by atoms with van der Waals surface area (Å²) in [6.07, 6.45) is 0. The number of hydrogen-bond donors (Lipinski definition) is 1. The van der Waals surface area contributed by atoms with Gasteiger partial charge in [-0.3, -0.25) is 0 Å². The highest BCUT2D eigenvalue weighted by Gasteiger charge is 2.13. The Hall–Kier alpha value is -0.370. The lowest BCUT2D eigenvalue weighted by molar-refractivity contribution is 0.477. The standard InChI is InChI=1S/C12H4BrCl2IN2O/c13-4-1-7(16)10-11(12(4)19)18-9-3-6(15)5(14)2-8(9)17-10/h1-3,19H. The molecular formula is C12H4BrCl2IN2O. The van der Waals surface area contributed by atoms with E-state index in [1.54, 1.807) is 18.2 Å². The summed E-state index contributed by atoms with van der Waals surface area (Å²) in [6, 6.07) is 5.09. The molecule has 0 atom stereocenters. The van der Waals surface area contributed by atoms with Gasteiger partial charge in [0.05, 0.1) is 25.6 Å². The highest BCUT2D eigenvalue weighted by atomic mass is 127. The maximum atomic E-state index is 10.1. The van der Waals surface area contributed by atoms with Gasteiger partial charge in [-0.15, -0.1) is 0 Å². The minimum atomic E-state index is 0.0656. The Kier molecular flexibility index (Phi) is 3.49. The molecule has 1 heterocycles. The van der Waals surface area contributed by atoms with Gasteiger partial charge in [0, 0.05) is 3.57 Å². The average molecular weight is 470 g/mol. The molecule has 0 aliphatic heterocycles. The Morgan fingerprint density at radius 2 is 1.53 bits per heavy atom. The van der Waals surface area contributed by atoms with Crippen LogP contribution >= 0.6 is 61.7 Å². The monoisotopic (exact) mass is 468 g/mol. The fourth-order valence-corrected chi connectivity index (χ4v) is 3.59. The molecule has 0 aliphatic carbocycles. The van der Waals surface area contributed by atoms with Gasteiger partial charge in [-0.25, -0.2) is 9.97 Å². The van der Waals surface area contributed by atoms with Crippen molar-refractivity contribution in [3.05, 3.63) is 36.3 Å². The van der Waals surface area contributed by atoms with Crippen molar-refractivity contribution in [3.63, 3.8) is 0 Å². The van der Waals surface area contributed by atoms with E-state index in [4.69, 9.17) is 23.2 Å². The van der Waals surface area contributed by atoms with E-state index in [9.17, 15) is 5.11 Å². The molecule has 1 N–H and O–H groups in total. The summed E-state index contributed by atoms with van der Waals surface area (Å²) in [7, 11) is 0. The van der Waals surface area contributed by atoms with Gasteiger partial charge in [-0.05, 0) is 56.7 Å². The number of fused-ring (bicyclic) bond motifs is 2. The minimum absolute atomic E-state index is 0.0656. The third-order valence-corrected chi connectivity index (χ3v) is 4.79. The number of rotatable bonds is 0. The van der Waals surface area contributed by atoms with Crippen LogP contribution in [0.25, 0.3) is 22.1 Å². The Morgan fingerprint density at radius 3 is 2.11 bits per heavy atom. The van der Waals surface area contributed by atoms with Crippen LogP contribution in [0.3, 0.4) is 0 Å². The molecule has 3 rings (SSSR count). The molecule has 0 amide bonds. The molecule has 0 unspecified atom stereocenters. The number of hydrogen-bond acceptors (Lipinski definition) is 3. The van der Waals surface area contributed by atoms with Crippen LogP contribution in [0.1, 0.15) is 0 Å². The molecular weight excluding hydrogens is 466 g/mol. The normalized spacial score (nSPS) is 11.4. The van der Waals surface area contributed by atoms with E-state index in [1.165, 1.54) is 0 Å². The predicted molar refractivity (Wildman–Crippen MR) is 89.1 cm³/mol. The smallest absolute Gasteiger partial charge is 0.157 e. The molecule has 0 saturated heterocycles. The molecule has 0 saturated carbocycles. The van der Waals surface area contributed by atoms with Gasteiger partial charge in [-0.2, -0.15) is 0 Å². The quantitative estimate of drug-likeness (QED) is 0.365. The van der Waals surface area contributed by atoms with E-state index in [2.05, 4.69) is 48.5 Å². The largest absolute Gasteiger partial charge is 0.504 e. The van der Waals surface area contributed by atoms with E-state index < -0.39 is 0 Å². The Labute approximate surface area is 140 Å². The van der Waals surface area contributed by atoms with Gasteiger partial charge >= 0.3 is 0 Å². The third-order valence-electron chi connectivity index (χ3n) is 2.64. The number of benzene rings is 2. The van der Waals surface area contributed by atoms with Gasteiger partial charge in [0.25, 0.3) is 0 Å². The van der Waals surface area contributed by atoms with E-state index in [-0.39, 0.29) is 5.75 Å². The van der Waals surface area contributed by atoms with Crippen LogP contribution in [0.4, 0.5) is 0 Å². The number of halogens is 4. The summed E-state index contributed by atoms with van der Waals surface area (Å²) < 4.78 is 1.47. The van der Waals surface area contributed by atoms with E-state index >= 15 is 0 Å². The average Bonchev–Trinajstić information content (AvgIpc) is 2.36. The first-order valence-corrected chi connectivity index (χ1v) is 7.73. The third kappa shape index (κ3) is 2.26. The topological polar surface area (TPSA) is 46.0 Å². The van der Waals surface area contributed by atoms with E-state index in [0.717, 1.165) is 3.57 Å². The Morgan fingerprint density at radius 1 is 1.00 bits per heavy atom. The molecule has 3 aromatic rings. The second kappa shape index (κ2) is 4.87. The summed E-state index contributed by atoms with van der Waals surface area (Å²) in [5.74, 6) is 0.0656. The number of aromatic hydroxyl groups is 1. The molecule has 96 valence electrons. The van der Waals surface area contributed by atoms with Gasteiger partial charge in [0.1, 0.15) is 11.0 Å². The highest BCUT2D eigenvalue weighted by molar-refractivity contribution is 14.1. The first-order valence-electron chi connectivity index (χ1n) is 5.11. The molecule has 7 heteroatoms. The van der Waals surface area contributed by atoms with Crippen LogP contribution in [0, 0.1) is 3.57 Å². The second-order valence-corrected chi connectivity index (χ2v) is 6.70. The number of phenols is 1. The van der Waals surface area contributed by atoms with Crippen molar-refractivity contribution in [2.45, 2.75) is 0 Å². The lowest BCUT2D eigenvalue weighted by Crippen LogP contribution is -1.91. The summed E-state index contributed by atoms with van der Waals surface area (Å²) >= 11 is 17.4. The van der Waals surface area contributed by atoms with Gasteiger partial charge in [-0.1, -0.05) is 23.2 Å². The number of nitrogens with zero attached hydrogens (tertiary/aromatic N) is 2. The molecule has 0 aliphatic rings. The number of phenolic OH excluding ortho intramolecular Hbond substituents is 1. The van der Waals surface area contributed by atoms with Crippen molar-refractivity contribution in [2.24, 2.45) is 0 Å². The van der Waals surface area contributed by atoms with Crippen LogP contribution in [0.2, 0.25) is 10.0 Å². The highest BCUT2D eigenvalue weighted by Crippen LogP contribution is 2.35. The van der Waals surface area contributed by atoms with Crippen molar-refractivity contribution in [3.8, 4) is 5.75 Å². The predicted octanol–water partition coefficient (Wildman–Crippen LogP) is 5.16. The van der Waals surface area contributed by atoms with Crippen molar-refractivity contribution < 1.29 is 5.11 Å². The van der Waals surface area contributed by atoms with Crippen molar-refractivity contribution in [1.82, 2.24) is 9.97 Å². The van der Waals surface area contributed by atoms with Crippen molar-refractivity contribution >= 4 is 83.8 Å². The zero-order valence-corrected chi connectivity index (χ0v) is 14.3. The van der Waals surface area contributed by atoms with E-state index in [0.29, 0.717) is 36.6 Å².